The fourth-order valence-corrected chi connectivity index (χ4v) is 2.50. The molecule has 2 rings (SSSR count). The lowest BCUT2D eigenvalue weighted by Gasteiger charge is -2.16. The monoisotopic (exact) mass is 311 g/mol. The molecule has 0 spiro atoms. The van der Waals surface area contributed by atoms with Gasteiger partial charge in [-0.1, -0.05) is 32.0 Å². The van der Waals surface area contributed by atoms with Crippen molar-refractivity contribution >= 4 is 17.3 Å². The van der Waals surface area contributed by atoms with Crippen LogP contribution in [0.4, 0.5) is 11.4 Å². The number of pyridine rings is 1. The van der Waals surface area contributed by atoms with Crippen molar-refractivity contribution < 1.29 is 4.79 Å². The van der Waals surface area contributed by atoms with Gasteiger partial charge >= 0.3 is 0 Å². The number of nitrogens with zero attached hydrogens (tertiary/aromatic N) is 1. The average molecular weight is 311 g/mol. The van der Waals surface area contributed by atoms with Crippen molar-refractivity contribution in [2.75, 3.05) is 10.6 Å². The van der Waals surface area contributed by atoms with Crippen LogP contribution in [0.3, 0.4) is 0 Å². The van der Waals surface area contributed by atoms with Crippen molar-refractivity contribution in [3.63, 3.8) is 0 Å². The number of hydrogen-bond donors (Lipinski definition) is 2. The molecule has 0 aliphatic rings. The quantitative estimate of drug-likeness (QED) is 0.849. The molecule has 0 unspecified atom stereocenters. The van der Waals surface area contributed by atoms with Crippen molar-refractivity contribution in [2.45, 2.75) is 46.6 Å². The second kappa shape index (κ2) is 7.27. The van der Waals surface area contributed by atoms with Crippen LogP contribution in [-0.4, -0.2) is 16.9 Å². The van der Waals surface area contributed by atoms with Crippen molar-refractivity contribution in [3.8, 4) is 0 Å². The smallest absolute Gasteiger partial charge is 0.274 e. The summed E-state index contributed by atoms with van der Waals surface area (Å²) in [6.45, 7) is 10.4. The van der Waals surface area contributed by atoms with Crippen LogP contribution in [0, 0.1) is 6.92 Å². The molecule has 23 heavy (non-hydrogen) atoms. The third-order valence-corrected chi connectivity index (χ3v) is 3.61. The number of benzene rings is 1. The van der Waals surface area contributed by atoms with E-state index in [9.17, 15) is 4.79 Å². The first kappa shape index (κ1) is 17.0. The molecule has 0 radical (unpaired) electrons. The molecule has 2 aromatic rings. The molecular formula is C19H25N3O. The minimum absolute atomic E-state index is 0.186. The maximum Gasteiger partial charge on any atom is 0.274 e. The van der Waals surface area contributed by atoms with Crippen LogP contribution >= 0.6 is 0 Å². The lowest BCUT2D eigenvalue weighted by atomic mass is 9.98. The van der Waals surface area contributed by atoms with Crippen LogP contribution in [0.15, 0.2) is 36.5 Å². The molecule has 0 saturated heterocycles. The van der Waals surface area contributed by atoms with Gasteiger partial charge in [0.1, 0.15) is 5.69 Å². The van der Waals surface area contributed by atoms with Crippen molar-refractivity contribution in [1.82, 2.24) is 4.98 Å². The molecule has 1 heterocycles. The first-order valence-electron chi connectivity index (χ1n) is 8.02. The Labute approximate surface area is 138 Å². The molecule has 0 aliphatic carbocycles. The summed E-state index contributed by atoms with van der Waals surface area (Å²) in [5.41, 5.74) is 4.38. The number of rotatable bonds is 5. The fraction of sp³-hybridized carbons (Fsp3) is 0.368. The highest BCUT2D eigenvalue weighted by Crippen LogP contribution is 2.27. The van der Waals surface area contributed by atoms with Crippen LogP contribution in [0.5, 0.6) is 0 Å². The van der Waals surface area contributed by atoms with E-state index >= 15 is 0 Å². The van der Waals surface area contributed by atoms with Crippen LogP contribution in [-0.2, 0) is 0 Å². The van der Waals surface area contributed by atoms with E-state index in [1.807, 2.05) is 25.1 Å². The Morgan fingerprint density at radius 2 is 1.87 bits per heavy atom. The molecule has 0 atom stereocenters. The maximum absolute atomic E-state index is 12.6. The Morgan fingerprint density at radius 1 is 1.13 bits per heavy atom. The fourth-order valence-electron chi connectivity index (χ4n) is 2.50. The van der Waals surface area contributed by atoms with Crippen molar-refractivity contribution in [2.24, 2.45) is 0 Å². The number of aryl methyl sites for hydroxylation is 1. The summed E-state index contributed by atoms with van der Waals surface area (Å²) >= 11 is 0. The summed E-state index contributed by atoms with van der Waals surface area (Å²) < 4.78 is 0. The molecule has 1 aromatic heterocycles. The second-order valence-corrected chi connectivity index (χ2v) is 6.38. The van der Waals surface area contributed by atoms with Crippen LogP contribution in [0.2, 0.25) is 0 Å². The van der Waals surface area contributed by atoms with E-state index in [2.05, 4.69) is 49.4 Å². The predicted molar refractivity (Wildman–Crippen MR) is 96.2 cm³/mol. The van der Waals surface area contributed by atoms with E-state index in [0.29, 0.717) is 17.7 Å². The van der Waals surface area contributed by atoms with E-state index in [4.69, 9.17) is 0 Å². The van der Waals surface area contributed by atoms with Crippen molar-refractivity contribution in [3.05, 3.63) is 53.3 Å². The van der Waals surface area contributed by atoms with Gasteiger partial charge in [0.25, 0.3) is 5.91 Å². The minimum Gasteiger partial charge on any atom is -0.383 e. The highest BCUT2D eigenvalue weighted by Gasteiger charge is 2.14. The Hall–Kier alpha value is -2.36. The normalized spacial score (nSPS) is 10.9. The lowest BCUT2D eigenvalue weighted by molar-refractivity contribution is 0.102. The number of hydrogen-bond acceptors (Lipinski definition) is 3. The zero-order valence-electron chi connectivity index (χ0n) is 14.5. The highest BCUT2D eigenvalue weighted by molar-refractivity contribution is 6.04. The Morgan fingerprint density at radius 3 is 2.52 bits per heavy atom. The SMILES string of the molecule is Cc1cccc(C(C)C)c1NC(=O)c1cc(NC(C)C)ccn1. The molecule has 0 bridgehead atoms. The Kier molecular flexibility index (Phi) is 5.37. The third-order valence-electron chi connectivity index (χ3n) is 3.61. The molecule has 4 nitrogen and oxygen atoms in total. The van der Waals surface area contributed by atoms with E-state index in [-0.39, 0.29) is 5.91 Å². The molecule has 1 aromatic carbocycles. The van der Waals surface area contributed by atoms with Gasteiger partial charge < -0.3 is 10.6 Å². The summed E-state index contributed by atoms with van der Waals surface area (Å²) in [5, 5.41) is 6.31. The van der Waals surface area contributed by atoms with Crippen LogP contribution in [0.1, 0.15) is 55.2 Å². The molecule has 0 saturated carbocycles. The van der Waals surface area contributed by atoms with E-state index < -0.39 is 0 Å². The largest absolute Gasteiger partial charge is 0.383 e. The average Bonchev–Trinajstić information content (AvgIpc) is 2.48. The molecule has 1 amide bonds. The molecule has 4 heteroatoms. The summed E-state index contributed by atoms with van der Waals surface area (Å²) in [6.07, 6.45) is 1.65. The molecule has 122 valence electrons. The van der Waals surface area contributed by atoms with Gasteiger partial charge in [0.05, 0.1) is 0 Å². The zero-order chi connectivity index (χ0) is 17.0. The highest BCUT2D eigenvalue weighted by atomic mass is 16.1. The van der Waals surface area contributed by atoms with Gasteiger partial charge in [-0.05, 0) is 49.9 Å². The summed E-state index contributed by atoms with van der Waals surface area (Å²) in [4.78, 5) is 16.8. The van der Waals surface area contributed by atoms with Crippen LogP contribution < -0.4 is 10.6 Å². The number of carbonyl (C=O) groups is 1. The summed E-state index contributed by atoms with van der Waals surface area (Å²) in [6, 6.07) is 10.0. The van der Waals surface area contributed by atoms with Gasteiger partial charge in [-0.2, -0.15) is 0 Å². The number of carbonyl (C=O) groups excluding carboxylic acids is 1. The number of nitrogens with one attached hydrogen (secondary N) is 2. The molecule has 2 N–H and O–H groups in total. The summed E-state index contributed by atoms with van der Waals surface area (Å²) in [7, 11) is 0. The topological polar surface area (TPSA) is 54.0 Å². The predicted octanol–water partition coefficient (Wildman–Crippen LogP) is 4.59. The first-order valence-corrected chi connectivity index (χ1v) is 8.02. The number of para-hydroxylation sites is 1. The zero-order valence-corrected chi connectivity index (χ0v) is 14.5. The second-order valence-electron chi connectivity index (χ2n) is 6.38. The third kappa shape index (κ3) is 4.31. The number of amides is 1. The van der Waals surface area contributed by atoms with Crippen molar-refractivity contribution in [1.29, 1.82) is 0 Å². The number of anilines is 2. The minimum atomic E-state index is -0.186. The standard InChI is InChI=1S/C19H25N3O/c1-12(2)16-8-6-7-14(5)18(16)22-19(23)17-11-15(9-10-20-17)21-13(3)4/h6-13H,1-5H3,(H,20,21)(H,22,23). The first-order chi connectivity index (χ1) is 10.9. The van der Waals surface area contributed by atoms with Crippen LogP contribution in [0.25, 0.3) is 0 Å². The van der Waals surface area contributed by atoms with Gasteiger partial charge in [0.15, 0.2) is 0 Å². The Balaban J connectivity index is 2.26. The molecule has 0 aliphatic heterocycles. The van der Waals surface area contributed by atoms with Gasteiger partial charge in [0.2, 0.25) is 0 Å². The van der Waals surface area contributed by atoms with Gasteiger partial charge in [-0.15, -0.1) is 0 Å². The van der Waals surface area contributed by atoms with E-state index in [1.54, 1.807) is 12.3 Å². The Bertz CT molecular complexity index is 693. The maximum atomic E-state index is 12.6. The summed E-state index contributed by atoms with van der Waals surface area (Å²) in [5.74, 6) is 0.153. The van der Waals surface area contributed by atoms with E-state index in [0.717, 1.165) is 22.5 Å². The van der Waals surface area contributed by atoms with Gasteiger partial charge in [-0.25, -0.2) is 0 Å². The lowest BCUT2D eigenvalue weighted by Crippen LogP contribution is -2.17. The molecule has 0 fully saturated rings. The number of aromatic nitrogens is 1. The van der Waals surface area contributed by atoms with Gasteiger partial charge in [-0.3, -0.25) is 9.78 Å². The molecular weight excluding hydrogens is 286 g/mol. The van der Waals surface area contributed by atoms with Gasteiger partial charge in [0, 0.05) is 23.6 Å². The van der Waals surface area contributed by atoms with E-state index in [1.165, 1.54) is 0 Å².